The molecule has 2 aliphatic heterocycles. The minimum absolute atomic E-state index is 0.158. The lowest BCUT2D eigenvalue weighted by atomic mass is 10.2. The molecule has 0 unspecified atom stereocenters. The van der Waals surface area contributed by atoms with Gasteiger partial charge < -0.3 is 5.32 Å². The van der Waals surface area contributed by atoms with Crippen molar-refractivity contribution in [1.29, 1.82) is 0 Å². The quantitative estimate of drug-likeness (QED) is 0.732. The van der Waals surface area contributed by atoms with Crippen LogP contribution in [-0.2, 0) is 23.1 Å². The summed E-state index contributed by atoms with van der Waals surface area (Å²) in [5.41, 5.74) is 2.23. The Morgan fingerprint density at radius 3 is 1.53 bits per heavy atom. The molecule has 2 saturated heterocycles. The molecular weight excluding hydrogens is 434 g/mol. The molecular formula is C23H32F2N4O2S. The van der Waals surface area contributed by atoms with E-state index >= 15 is 0 Å². The van der Waals surface area contributed by atoms with Crippen molar-refractivity contribution < 1.29 is 17.2 Å². The van der Waals surface area contributed by atoms with Crippen molar-refractivity contribution in [3.63, 3.8) is 0 Å². The number of benzene rings is 2. The van der Waals surface area contributed by atoms with Crippen molar-refractivity contribution in [3.05, 3.63) is 71.3 Å². The maximum Gasteiger partial charge on any atom is 0.211 e. The summed E-state index contributed by atoms with van der Waals surface area (Å²) in [7, 11) is -3.07. The van der Waals surface area contributed by atoms with Gasteiger partial charge in [-0.3, -0.25) is 9.80 Å². The second-order valence-corrected chi connectivity index (χ2v) is 10.2. The fraction of sp³-hybridized carbons (Fsp3) is 0.478. The maximum absolute atomic E-state index is 12.8. The molecule has 6 nitrogen and oxygen atoms in total. The van der Waals surface area contributed by atoms with E-state index in [2.05, 4.69) is 15.1 Å². The van der Waals surface area contributed by atoms with Gasteiger partial charge in [-0.2, -0.15) is 4.31 Å². The minimum atomic E-state index is -3.07. The van der Waals surface area contributed by atoms with E-state index < -0.39 is 10.0 Å². The van der Waals surface area contributed by atoms with Crippen LogP contribution >= 0.6 is 0 Å². The average molecular weight is 467 g/mol. The van der Waals surface area contributed by atoms with Gasteiger partial charge in [-0.1, -0.05) is 24.3 Å². The minimum Gasteiger partial charge on any atom is -0.314 e. The van der Waals surface area contributed by atoms with Crippen LogP contribution in [0.1, 0.15) is 11.1 Å². The highest BCUT2D eigenvalue weighted by atomic mass is 32.2. The Bertz CT molecular complexity index is 925. The molecule has 2 aliphatic rings. The molecule has 0 atom stereocenters. The fourth-order valence-corrected chi connectivity index (χ4v) is 4.61. The van der Waals surface area contributed by atoms with Crippen LogP contribution in [0.3, 0.4) is 0 Å². The van der Waals surface area contributed by atoms with E-state index in [1.165, 1.54) is 40.4 Å². The van der Waals surface area contributed by atoms with E-state index in [-0.39, 0.29) is 11.6 Å². The van der Waals surface area contributed by atoms with Crippen LogP contribution in [0.25, 0.3) is 0 Å². The zero-order valence-corrected chi connectivity index (χ0v) is 19.3. The summed E-state index contributed by atoms with van der Waals surface area (Å²) in [6, 6.07) is 13.2. The van der Waals surface area contributed by atoms with Crippen molar-refractivity contribution in [2.24, 2.45) is 0 Å². The first-order chi connectivity index (χ1) is 15.3. The first-order valence-corrected chi connectivity index (χ1v) is 12.7. The van der Waals surface area contributed by atoms with Gasteiger partial charge in [0, 0.05) is 65.4 Å². The summed E-state index contributed by atoms with van der Waals surface area (Å²) < 4.78 is 49.6. The molecule has 1 N–H and O–H groups in total. The molecule has 0 saturated carbocycles. The van der Waals surface area contributed by atoms with Crippen molar-refractivity contribution in [2.75, 3.05) is 58.6 Å². The summed E-state index contributed by atoms with van der Waals surface area (Å²) in [5, 5.41) is 3.31. The second kappa shape index (κ2) is 11.8. The van der Waals surface area contributed by atoms with Crippen LogP contribution in [-0.4, -0.2) is 81.1 Å². The Labute approximate surface area is 189 Å². The third kappa shape index (κ3) is 8.22. The highest BCUT2D eigenvalue weighted by Crippen LogP contribution is 2.11. The molecule has 0 spiro atoms. The molecule has 176 valence electrons. The highest BCUT2D eigenvalue weighted by Gasteiger charge is 2.23. The molecule has 0 aliphatic carbocycles. The lowest BCUT2D eigenvalue weighted by Crippen LogP contribution is -2.47. The topological polar surface area (TPSA) is 55.9 Å². The Hall–Kier alpha value is -1.91. The van der Waals surface area contributed by atoms with Crippen molar-refractivity contribution >= 4 is 10.0 Å². The number of nitrogens with one attached hydrogen (secondary N) is 1. The zero-order chi connectivity index (χ0) is 23.0. The van der Waals surface area contributed by atoms with Gasteiger partial charge in [0.1, 0.15) is 11.6 Å². The molecule has 0 bridgehead atoms. The molecule has 0 amide bonds. The van der Waals surface area contributed by atoms with E-state index in [1.54, 1.807) is 12.1 Å². The number of halogens is 2. The van der Waals surface area contributed by atoms with E-state index in [0.717, 1.165) is 44.8 Å². The molecule has 0 radical (unpaired) electrons. The standard InChI is InChI=1S/C12H17FN2O2S.C11H15FN2/c1-18(16,17)15-8-6-14(7-9-15)10-11-2-4-12(13)5-3-11;12-11-3-1-10(2-4-11)9-14-7-5-13-6-8-14/h2-5H,6-10H2,1H3;1-4,13H,5-9H2. The van der Waals surface area contributed by atoms with Gasteiger partial charge >= 0.3 is 0 Å². The number of sulfonamides is 1. The monoisotopic (exact) mass is 466 g/mol. The zero-order valence-electron chi connectivity index (χ0n) is 18.5. The highest BCUT2D eigenvalue weighted by molar-refractivity contribution is 7.88. The predicted molar refractivity (Wildman–Crippen MR) is 123 cm³/mol. The summed E-state index contributed by atoms with van der Waals surface area (Å²) in [6.07, 6.45) is 1.24. The van der Waals surface area contributed by atoms with Gasteiger partial charge in [0.15, 0.2) is 0 Å². The van der Waals surface area contributed by atoms with Gasteiger partial charge in [-0.05, 0) is 35.4 Å². The summed E-state index contributed by atoms with van der Waals surface area (Å²) >= 11 is 0. The molecule has 2 fully saturated rings. The van der Waals surface area contributed by atoms with Gasteiger partial charge in [0.05, 0.1) is 6.26 Å². The molecule has 32 heavy (non-hydrogen) atoms. The van der Waals surface area contributed by atoms with E-state index in [1.807, 2.05) is 12.1 Å². The largest absolute Gasteiger partial charge is 0.314 e. The Morgan fingerprint density at radius 1 is 0.719 bits per heavy atom. The Morgan fingerprint density at radius 2 is 1.12 bits per heavy atom. The SMILES string of the molecule is CS(=O)(=O)N1CCN(Cc2ccc(F)cc2)CC1.Fc1ccc(CN2CCNCC2)cc1. The van der Waals surface area contributed by atoms with Crippen LogP contribution in [0, 0.1) is 11.6 Å². The number of rotatable bonds is 5. The Balaban J connectivity index is 0.000000186. The molecule has 9 heteroatoms. The molecule has 0 aromatic heterocycles. The van der Waals surface area contributed by atoms with E-state index in [0.29, 0.717) is 26.2 Å². The predicted octanol–water partition coefficient (Wildman–Crippen LogP) is 2.13. The maximum atomic E-state index is 12.8. The van der Waals surface area contributed by atoms with Crippen LogP contribution in [0.5, 0.6) is 0 Å². The van der Waals surface area contributed by atoms with Crippen LogP contribution in [0.2, 0.25) is 0 Å². The normalized spacial score (nSPS) is 18.7. The van der Waals surface area contributed by atoms with Gasteiger partial charge in [0.25, 0.3) is 0 Å². The summed E-state index contributed by atoms with van der Waals surface area (Å²) in [5.74, 6) is -0.394. The summed E-state index contributed by atoms with van der Waals surface area (Å²) in [4.78, 5) is 4.55. The molecule has 2 aromatic carbocycles. The van der Waals surface area contributed by atoms with Crippen LogP contribution in [0.4, 0.5) is 8.78 Å². The van der Waals surface area contributed by atoms with Gasteiger partial charge in [-0.15, -0.1) is 0 Å². The lowest BCUT2D eigenvalue weighted by Gasteiger charge is -2.33. The van der Waals surface area contributed by atoms with Crippen molar-refractivity contribution in [3.8, 4) is 0 Å². The van der Waals surface area contributed by atoms with Crippen molar-refractivity contribution in [2.45, 2.75) is 13.1 Å². The van der Waals surface area contributed by atoms with Crippen LogP contribution in [0.15, 0.2) is 48.5 Å². The summed E-state index contributed by atoms with van der Waals surface area (Å²) in [6.45, 7) is 8.42. The van der Waals surface area contributed by atoms with Crippen LogP contribution < -0.4 is 5.32 Å². The molecule has 2 aromatic rings. The van der Waals surface area contributed by atoms with E-state index in [9.17, 15) is 17.2 Å². The third-order valence-corrected chi connectivity index (χ3v) is 6.95. The number of piperazine rings is 2. The number of hydrogen-bond acceptors (Lipinski definition) is 5. The molecule has 2 heterocycles. The van der Waals surface area contributed by atoms with Gasteiger partial charge in [-0.25, -0.2) is 17.2 Å². The second-order valence-electron chi connectivity index (χ2n) is 8.22. The average Bonchev–Trinajstić information content (AvgIpc) is 2.78. The first kappa shape index (κ1) is 24.7. The molecule has 4 rings (SSSR count). The third-order valence-electron chi connectivity index (χ3n) is 5.65. The number of nitrogens with zero attached hydrogens (tertiary/aromatic N) is 3. The Kier molecular flexibility index (Phi) is 9.12. The lowest BCUT2D eigenvalue weighted by molar-refractivity contribution is 0.182. The number of hydrogen-bond donors (Lipinski definition) is 1. The van der Waals surface area contributed by atoms with Gasteiger partial charge in [0.2, 0.25) is 10.0 Å². The van der Waals surface area contributed by atoms with E-state index in [4.69, 9.17) is 0 Å². The first-order valence-electron chi connectivity index (χ1n) is 10.9. The van der Waals surface area contributed by atoms with Crippen molar-refractivity contribution in [1.82, 2.24) is 19.4 Å². The fourth-order valence-electron chi connectivity index (χ4n) is 3.78. The smallest absolute Gasteiger partial charge is 0.211 e.